The van der Waals surface area contributed by atoms with Crippen molar-refractivity contribution in [2.75, 3.05) is 14.2 Å². The first-order valence-corrected chi connectivity index (χ1v) is 10.8. The van der Waals surface area contributed by atoms with Crippen molar-refractivity contribution in [1.82, 2.24) is 30.2 Å². The van der Waals surface area contributed by atoms with Crippen LogP contribution in [0.3, 0.4) is 0 Å². The Bertz CT molecular complexity index is 1300. The highest BCUT2D eigenvalue weighted by Crippen LogP contribution is 2.30. The molecule has 2 heterocycles. The van der Waals surface area contributed by atoms with Crippen LogP contribution in [0, 0.1) is 0 Å². The molecular weight excluding hydrogens is 436 g/mol. The van der Waals surface area contributed by atoms with Crippen LogP contribution in [0.15, 0.2) is 48.5 Å². The van der Waals surface area contributed by atoms with Crippen molar-refractivity contribution >= 4 is 11.9 Å². The Labute approximate surface area is 195 Å². The summed E-state index contributed by atoms with van der Waals surface area (Å²) in [6.45, 7) is 2.35. The number of aryl methyl sites for hydroxylation is 1. The highest BCUT2D eigenvalue weighted by Gasteiger charge is 2.28. The normalized spacial score (nSPS) is 10.8. The second kappa shape index (κ2) is 10.1. The Balaban J connectivity index is 1.70. The third-order valence-electron chi connectivity index (χ3n) is 5.41. The van der Waals surface area contributed by atoms with Crippen molar-refractivity contribution in [2.24, 2.45) is 0 Å². The molecule has 1 N–H and O–H groups in total. The Morgan fingerprint density at radius 2 is 1.68 bits per heavy atom. The minimum Gasteiger partial charge on any atom is -0.464 e. The lowest BCUT2D eigenvalue weighted by molar-refractivity contribution is 0.0544. The summed E-state index contributed by atoms with van der Waals surface area (Å²) in [5.41, 5.74) is 3.83. The molecule has 174 valence electrons. The number of methoxy groups -OCH3 is 2. The van der Waals surface area contributed by atoms with E-state index in [-0.39, 0.29) is 11.4 Å². The number of nitrogens with one attached hydrogen (secondary N) is 1. The lowest BCUT2D eigenvalue weighted by atomic mass is 9.98. The van der Waals surface area contributed by atoms with Gasteiger partial charge in [-0.05, 0) is 33.5 Å². The SMILES string of the molecule is CCCc1nc(C(=O)OC)c(C(=O)OC)n1Cc1ccc(-c2ccccc2-c2nnn[nH]2)cc1. The molecule has 0 unspecified atom stereocenters. The summed E-state index contributed by atoms with van der Waals surface area (Å²) in [5.74, 6) is -0.109. The number of aromatic nitrogens is 6. The number of benzene rings is 2. The van der Waals surface area contributed by atoms with Crippen molar-refractivity contribution in [3.63, 3.8) is 0 Å². The molecule has 0 aliphatic rings. The molecule has 0 spiro atoms. The molecule has 10 heteroatoms. The Hall–Kier alpha value is -4.34. The standard InChI is InChI=1S/C24H24N6O4/c1-4-7-19-25-20(23(31)33-2)21(24(32)34-3)30(19)14-15-10-12-16(13-11-15)17-8-5-6-9-18(17)22-26-28-29-27-22/h5-6,8-13H,4,7,14H2,1-3H3,(H,26,27,28,29). The lowest BCUT2D eigenvalue weighted by Gasteiger charge is -2.12. The van der Waals surface area contributed by atoms with Crippen LogP contribution in [-0.4, -0.2) is 56.3 Å². The van der Waals surface area contributed by atoms with Gasteiger partial charge in [-0.15, -0.1) is 5.10 Å². The van der Waals surface area contributed by atoms with E-state index in [0.29, 0.717) is 24.6 Å². The first-order valence-electron chi connectivity index (χ1n) is 10.8. The number of ether oxygens (including phenoxy) is 2. The van der Waals surface area contributed by atoms with Crippen molar-refractivity contribution in [3.05, 3.63) is 71.3 Å². The van der Waals surface area contributed by atoms with Crippen molar-refractivity contribution in [1.29, 1.82) is 0 Å². The Kier molecular flexibility index (Phi) is 6.77. The smallest absolute Gasteiger partial charge is 0.359 e. The number of hydrogen-bond donors (Lipinski definition) is 1. The van der Waals surface area contributed by atoms with Gasteiger partial charge in [0.25, 0.3) is 0 Å². The van der Waals surface area contributed by atoms with Crippen LogP contribution in [0.1, 0.15) is 45.7 Å². The number of carbonyl (C=O) groups is 2. The number of aromatic amines is 1. The van der Waals surface area contributed by atoms with Crippen molar-refractivity contribution in [2.45, 2.75) is 26.3 Å². The molecule has 0 aliphatic carbocycles. The van der Waals surface area contributed by atoms with Gasteiger partial charge in [-0.2, -0.15) is 0 Å². The largest absolute Gasteiger partial charge is 0.464 e. The molecule has 0 amide bonds. The highest BCUT2D eigenvalue weighted by molar-refractivity contribution is 6.00. The fourth-order valence-electron chi connectivity index (χ4n) is 3.81. The van der Waals surface area contributed by atoms with Crippen LogP contribution in [0.4, 0.5) is 0 Å². The molecule has 0 saturated heterocycles. The number of nitrogens with zero attached hydrogens (tertiary/aromatic N) is 5. The summed E-state index contributed by atoms with van der Waals surface area (Å²) in [5, 5.41) is 14.2. The van der Waals surface area contributed by atoms with Crippen LogP contribution >= 0.6 is 0 Å². The second-order valence-corrected chi connectivity index (χ2v) is 7.54. The molecular formula is C24H24N6O4. The third kappa shape index (κ3) is 4.42. The van der Waals surface area contributed by atoms with Gasteiger partial charge in [-0.1, -0.05) is 55.5 Å². The maximum absolute atomic E-state index is 12.6. The molecule has 0 radical (unpaired) electrons. The van der Waals surface area contributed by atoms with Gasteiger partial charge in [-0.25, -0.2) is 19.7 Å². The molecule has 0 bridgehead atoms. The van der Waals surface area contributed by atoms with Gasteiger partial charge in [0, 0.05) is 18.5 Å². The van der Waals surface area contributed by atoms with E-state index in [9.17, 15) is 9.59 Å². The third-order valence-corrected chi connectivity index (χ3v) is 5.41. The molecule has 0 fully saturated rings. The summed E-state index contributed by atoms with van der Waals surface area (Å²) in [6, 6.07) is 15.8. The van der Waals surface area contributed by atoms with Gasteiger partial charge in [0.15, 0.2) is 17.2 Å². The maximum atomic E-state index is 12.6. The molecule has 2 aromatic heterocycles. The number of esters is 2. The molecule has 4 rings (SSSR count). The van der Waals surface area contributed by atoms with E-state index in [2.05, 4.69) is 25.6 Å². The molecule has 4 aromatic rings. The number of tetrazole rings is 1. The minimum atomic E-state index is -0.676. The molecule has 0 atom stereocenters. The second-order valence-electron chi connectivity index (χ2n) is 7.54. The average Bonchev–Trinajstić information content (AvgIpc) is 3.53. The number of hydrogen-bond acceptors (Lipinski definition) is 8. The van der Waals surface area contributed by atoms with Crippen LogP contribution in [0.2, 0.25) is 0 Å². The predicted molar refractivity (Wildman–Crippen MR) is 123 cm³/mol. The summed E-state index contributed by atoms with van der Waals surface area (Å²) in [7, 11) is 2.53. The number of carbonyl (C=O) groups excluding carboxylic acids is 2. The van der Waals surface area contributed by atoms with E-state index < -0.39 is 11.9 Å². The summed E-state index contributed by atoms with van der Waals surface area (Å²) >= 11 is 0. The molecule has 10 nitrogen and oxygen atoms in total. The first kappa shape index (κ1) is 22.8. The van der Waals surface area contributed by atoms with Gasteiger partial charge >= 0.3 is 11.9 Å². The predicted octanol–water partition coefficient (Wildman–Crippen LogP) is 3.30. The monoisotopic (exact) mass is 460 g/mol. The van der Waals surface area contributed by atoms with Gasteiger partial charge in [0.1, 0.15) is 5.82 Å². The molecule has 34 heavy (non-hydrogen) atoms. The highest BCUT2D eigenvalue weighted by atomic mass is 16.5. The van der Waals surface area contributed by atoms with Crippen molar-refractivity contribution < 1.29 is 19.1 Å². The number of H-pyrrole nitrogens is 1. The lowest BCUT2D eigenvalue weighted by Crippen LogP contribution is -2.17. The van der Waals surface area contributed by atoms with Crippen LogP contribution < -0.4 is 0 Å². The zero-order chi connectivity index (χ0) is 24.1. The first-order chi connectivity index (χ1) is 16.6. The number of imidazole rings is 1. The fourth-order valence-corrected chi connectivity index (χ4v) is 3.81. The summed E-state index contributed by atoms with van der Waals surface area (Å²) in [6.07, 6.45) is 1.39. The summed E-state index contributed by atoms with van der Waals surface area (Å²) < 4.78 is 11.5. The zero-order valence-electron chi connectivity index (χ0n) is 19.1. The van der Waals surface area contributed by atoms with Gasteiger partial charge in [-0.3, -0.25) is 0 Å². The van der Waals surface area contributed by atoms with E-state index in [1.807, 2.05) is 55.5 Å². The van der Waals surface area contributed by atoms with E-state index >= 15 is 0 Å². The Morgan fingerprint density at radius 1 is 0.971 bits per heavy atom. The maximum Gasteiger partial charge on any atom is 0.359 e. The minimum absolute atomic E-state index is 0.0379. The quantitative estimate of drug-likeness (QED) is 0.397. The van der Waals surface area contributed by atoms with Gasteiger partial charge < -0.3 is 14.0 Å². The van der Waals surface area contributed by atoms with Crippen LogP contribution in [0.5, 0.6) is 0 Å². The van der Waals surface area contributed by atoms with Gasteiger partial charge in [0.2, 0.25) is 0 Å². The van der Waals surface area contributed by atoms with E-state index in [4.69, 9.17) is 9.47 Å². The molecule has 0 saturated carbocycles. The molecule has 2 aromatic carbocycles. The van der Waals surface area contributed by atoms with E-state index in [1.165, 1.54) is 14.2 Å². The van der Waals surface area contributed by atoms with Crippen LogP contribution in [-0.2, 0) is 22.4 Å². The molecule has 0 aliphatic heterocycles. The zero-order valence-corrected chi connectivity index (χ0v) is 19.1. The van der Waals surface area contributed by atoms with E-state index in [1.54, 1.807) is 4.57 Å². The average molecular weight is 460 g/mol. The summed E-state index contributed by atoms with van der Waals surface area (Å²) in [4.78, 5) is 29.3. The topological polar surface area (TPSA) is 125 Å². The number of rotatable bonds is 8. The van der Waals surface area contributed by atoms with E-state index in [0.717, 1.165) is 28.7 Å². The fraction of sp³-hybridized carbons (Fsp3) is 0.250. The van der Waals surface area contributed by atoms with Crippen LogP contribution in [0.25, 0.3) is 22.5 Å². The Morgan fingerprint density at radius 3 is 2.29 bits per heavy atom. The van der Waals surface area contributed by atoms with Crippen molar-refractivity contribution in [3.8, 4) is 22.5 Å². The van der Waals surface area contributed by atoms with Gasteiger partial charge in [0.05, 0.1) is 14.2 Å².